The van der Waals surface area contributed by atoms with E-state index in [9.17, 15) is 9.90 Å². The molecule has 1 heterocycles. The van der Waals surface area contributed by atoms with E-state index in [4.69, 9.17) is 25.5 Å². The van der Waals surface area contributed by atoms with Crippen LogP contribution in [0.5, 0.6) is 11.5 Å². The van der Waals surface area contributed by atoms with Gasteiger partial charge in [0.15, 0.2) is 0 Å². The number of aliphatic hydroxyl groups is 1. The second kappa shape index (κ2) is 8.16. The zero-order valence-electron chi connectivity index (χ0n) is 14.8. The molecule has 3 aromatic rings. The molecule has 3 rings (SSSR count). The van der Waals surface area contributed by atoms with Gasteiger partial charge in [-0.3, -0.25) is 4.79 Å². The Labute approximate surface area is 161 Å². The number of carbonyl (C=O) groups is 1. The van der Waals surface area contributed by atoms with Crippen molar-refractivity contribution < 1.29 is 23.8 Å². The van der Waals surface area contributed by atoms with Gasteiger partial charge in [-0.05, 0) is 48.5 Å². The third-order valence-corrected chi connectivity index (χ3v) is 4.18. The van der Waals surface area contributed by atoms with Crippen LogP contribution in [0.15, 0.2) is 52.9 Å². The molecule has 0 unspecified atom stereocenters. The van der Waals surface area contributed by atoms with Crippen LogP contribution in [0, 0.1) is 0 Å². The lowest BCUT2D eigenvalue weighted by Gasteiger charge is -2.12. The molecular formula is C20H18ClNO5. The second-order valence-electron chi connectivity index (χ2n) is 5.64. The molecule has 0 bridgehead atoms. The number of rotatable bonds is 6. The van der Waals surface area contributed by atoms with E-state index >= 15 is 0 Å². The molecule has 0 atom stereocenters. The molecule has 0 spiro atoms. The van der Waals surface area contributed by atoms with Gasteiger partial charge < -0.3 is 24.3 Å². The number of ether oxygens (including phenoxy) is 2. The molecule has 0 aliphatic rings. The maximum absolute atomic E-state index is 12.7. The van der Waals surface area contributed by atoms with Crippen molar-refractivity contribution in [1.29, 1.82) is 0 Å². The lowest BCUT2D eigenvalue weighted by molar-refractivity contribution is 0.102. The summed E-state index contributed by atoms with van der Waals surface area (Å²) in [6.45, 7) is -0.201. The van der Waals surface area contributed by atoms with Gasteiger partial charge >= 0.3 is 0 Å². The zero-order valence-corrected chi connectivity index (χ0v) is 15.5. The van der Waals surface area contributed by atoms with Crippen molar-refractivity contribution in [2.24, 2.45) is 0 Å². The number of hydrogen-bond acceptors (Lipinski definition) is 5. The average molecular weight is 388 g/mol. The fourth-order valence-corrected chi connectivity index (χ4v) is 2.81. The summed E-state index contributed by atoms with van der Waals surface area (Å²) in [5.41, 5.74) is 1.51. The number of hydrogen-bond donors (Lipinski definition) is 2. The van der Waals surface area contributed by atoms with E-state index in [2.05, 4.69) is 5.32 Å². The van der Waals surface area contributed by atoms with Crippen LogP contribution in [0.2, 0.25) is 5.02 Å². The molecule has 0 saturated heterocycles. The number of aliphatic hydroxyl groups excluding tert-OH is 1. The maximum Gasteiger partial charge on any atom is 0.259 e. The summed E-state index contributed by atoms with van der Waals surface area (Å²) in [7, 11) is 3.03. The molecular weight excluding hydrogens is 370 g/mol. The first-order chi connectivity index (χ1) is 13.0. The Kier molecular flexibility index (Phi) is 5.69. The Balaban J connectivity index is 1.93. The van der Waals surface area contributed by atoms with Crippen LogP contribution in [0.4, 0.5) is 5.69 Å². The van der Waals surface area contributed by atoms with E-state index in [-0.39, 0.29) is 12.5 Å². The number of nitrogens with one attached hydrogen (secondary N) is 1. The topological polar surface area (TPSA) is 80.9 Å². The van der Waals surface area contributed by atoms with Gasteiger partial charge in [0, 0.05) is 10.7 Å². The van der Waals surface area contributed by atoms with E-state index in [0.29, 0.717) is 44.9 Å². The molecule has 27 heavy (non-hydrogen) atoms. The SMILES string of the molecule is COc1ccc(Cl)cc1C(=O)Nc1ccc(OC)c(-c2ccc(CO)o2)c1. The van der Waals surface area contributed by atoms with Crippen LogP contribution in [0.25, 0.3) is 11.3 Å². The van der Waals surface area contributed by atoms with Crippen LogP contribution >= 0.6 is 11.6 Å². The minimum absolute atomic E-state index is 0.201. The summed E-state index contributed by atoms with van der Waals surface area (Å²) in [6, 6.07) is 13.4. The van der Waals surface area contributed by atoms with Gasteiger partial charge in [-0.1, -0.05) is 11.6 Å². The highest BCUT2D eigenvalue weighted by atomic mass is 35.5. The van der Waals surface area contributed by atoms with Crippen molar-refractivity contribution in [2.45, 2.75) is 6.61 Å². The standard InChI is InChI=1S/C20H18ClNO5/c1-25-17-7-4-13(10-15(17)19-8-5-14(11-23)27-19)22-20(24)16-9-12(21)3-6-18(16)26-2/h3-10,23H,11H2,1-2H3,(H,22,24). The first-order valence-corrected chi connectivity index (χ1v) is 8.46. The van der Waals surface area contributed by atoms with E-state index in [0.717, 1.165) is 0 Å². The molecule has 0 fully saturated rings. The second-order valence-corrected chi connectivity index (χ2v) is 6.07. The van der Waals surface area contributed by atoms with Crippen molar-refractivity contribution in [3.05, 3.63) is 64.9 Å². The molecule has 2 aromatic carbocycles. The number of amides is 1. The van der Waals surface area contributed by atoms with Crippen molar-refractivity contribution >= 4 is 23.2 Å². The Morgan fingerprint density at radius 3 is 2.48 bits per heavy atom. The van der Waals surface area contributed by atoms with Crippen molar-refractivity contribution in [3.63, 3.8) is 0 Å². The number of methoxy groups -OCH3 is 2. The van der Waals surface area contributed by atoms with Crippen LogP contribution < -0.4 is 14.8 Å². The molecule has 0 aliphatic heterocycles. The first kappa shape index (κ1) is 18.8. The Morgan fingerprint density at radius 1 is 1.07 bits per heavy atom. The third kappa shape index (κ3) is 4.07. The van der Waals surface area contributed by atoms with Gasteiger partial charge in [0.2, 0.25) is 0 Å². The van der Waals surface area contributed by atoms with E-state index in [1.54, 1.807) is 55.6 Å². The summed E-state index contributed by atoms with van der Waals surface area (Å²) >= 11 is 6.00. The van der Waals surface area contributed by atoms with Gasteiger partial charge in [-0.15, -0.1) is 0 Å². The highest BCUT2D eigenvalue weighted by Crippen LogP contribution is 2.34. The van der Waals surface area contributed by atoms with Crippen LogP contribution in [0.3, 0.4) is 0 Å². The molecule has 0 radical (unpaired) electrons. The molecule has 6 nitrogen and oxygen atoms in total. The van der Waals surface area contributed by atoms with Gasteiger partial charge in [-0.25, -0.2) is 0 Å². The van der Waals surface area contributed by atoms with Gasteiger partial charge in [0.1, 0.15) is 29.6 Å². The molecule has 1 amide bonds. The lowest BCUT2D eigenvalue weighted by atomic mass is 10.1. The molecule has 0 saturated carbocycles. The summed E-state index contributed by atoms with van der Waals surface area (Å²) in [4.78, 5) is 12.7. The Morgan fingerprint density at radius 2 is 1.81 bits per heavy atom. The van der Waals surface area contributed by atoms with Crippen LogP contribution in [-0.2, 0) is 6.61 Å². The highest BCUT2D eigenvalue weighted by Gasteiger charge is 2.16. The molecule has 1 aromatic heterocycles. The summed E-state index contributed by atoms with van der Waals surface area (Å²) in [5, 5.41) is 12.4. The first-order valence-electron chi connectivity index (χ1n) is 8.08. The predicted molar refractivity (Wildman–Crippen MR) is 103 cm³/mol. The zero-order chi connectivity index (χ0) is 19.4. The number of furan rings is 1. The average Bonchev–Trinajstić information content (AvgIpc) is 3.17. The van der Waals surface area contributed by atoms with E-state index < -0.39 is 0 Å². The number of halogens is 1. The Hall–Kier alpha value is -2.96. The van der Waals surface area contributed by atoms with Crippen molar-refractivity contribution in [3.8, 4) is 22.8 Å². The van der Waals surface area contributed by atoms with E-state index in [1.807, 2.05) is 0 Å². The molecule has 7 heteroatoms. The number of benzene rings is 2. The highest BCUT2D eigenvalue weighted by molar-refractivity contribution is 6.31. The minimum atomic E-state index is -0.360. The predicted octanol–water partition coefficient (Wildman–Crippen LogP) is 4.36. The normalized spacial score (nSPS) is 10.5. The Bertz CT molecular complexity index is 967. The van der Waals surface area contributed by atoms with Crippen molar-refractivity contribution in [1.82, 2.24) is 0 Å². The van der Waals surface area contributed by atoms with Crippen LogP contribution in [0.1, 0.15) is 16.1 Å². The van der Waals surface area contributed by atoms with Gasteiger partial charge in [0.25, 0.3) is 5.91 Å². The fraction of sp³-hybridized carbons (Fsp3) is 0.150. The molecule has 140 valence electrons. The maximum atomic E-state index is 12.7. The largest absolute Gasteiger partial charge is 0.496 e. The smallest absolute Gasteiger partial charge is 0.259 e. The number of carbonyl (C=O) groups excluding carboxylic acids is 1. The summed E-state index contributed by atoms with van der Waals surface area (Å²) in [6.07, 6.45) is 0. The molecule has 2 N–H and O–H groups in total. The summed E-state index contributed by atoms with van der Waals surface area (Å²) < 4.78 is 16.2. The minimum Gasteiger partial charge on any atom is -0.496 e. The number of anilines is 1. The molecule has 0 aliphatic carbocycles. The van der Waals surface area contributed by atoms with Gasteiger partial charge in [-0.2, -0.15) is 0 Å². The van der Waals surface area contributed by atoms with Crippen LogP contribution in [-0.4, -0.2) is 25.2 Å². The quantitative estimate of drug-likeness (QED) is 0.656. The third-order valence-electron chi connectivity index (χ3n) is 3.95. The van der Waals surface area contributed by atoms with Crippen molar-refractivity contribution in [2.75, 3.05) is 19.5 Å². The summed E-state index contributed by atoms with van der Waals surface area (Å²) in [5.74, 6) is 1.59. The lowest BCUT2D eigenvalue weighted by Crippen LogP contribution is -2.13. The fourth-order valence-electron chi connectivity index (χ4n) is 2.64. The van der Waals surface area contributed by atoms with Gasteiger partial charge in [0.05, 0.1) is 25.3 Å². The van der Waals surface area contributed by atoms with E-state index in [1.165, 1.54) is 7.11 Å². The monoisotopic (exact) mass is 387 g/mol.